The second-order valence-corrected chi connectivity index (χ2v) is 7.38. The Kier molecular flexibility index (Phi) is 8.11. The van der Waals surface area contributed by atoms with Crippen molar-refractivity contribution in [1.82, 2.24) is 9.97 Å². The molecule has 1 aromatic carbocycles. The molecule has 0 unspecified atom stereocenters. The highest BCUT2D eigenvalue weighted by molar-refractivity contribution is 7.98. The van der Waals surface area contributed by atoms with Gasteiger partial charge < -0.3 is 10.6 Å². The number of carbonyl (C=O) groups is 1. The number of amides is 1. The van der Waals surface area contributed by atoms with Crippen molar-refractivity contribution in [2.24, 2.45) is 5.73 Å². The summed E-state index contributed by atoms with van der Waals surface area (Å²) in [4.78, 5) is 21.2. The number of aromatic nitrogens is 2. The minimum atomic E-state index is 0.250. The fourth-order valence-corrected chi connectivity index (χ4v) is 4.10. The number of rotatable bonds is 6. The number of aryl methyl sites for hydroxylation is 1. The molecule has 0 atom stereocenters. The van der Waals surface area contributed by atoms with Crippen molar-refractivity contribution in [3.63, 3.8) is 0 Å². The summed E-state index contributed by atoms with van der Waals surface area (Å²) in [6.45, 7) is 3.79. The van der Waals surface area contributed by atoms with Gasteiger partial charge in [0.15, 0.2) is 5.13 Å². The highest BCUT2D eigenvalue weighted by Crippen LogP contribution is 2.32. The maximum Gasteiger partial charge on any atom is 0.204 e. The molecule has 2 aromatic heterocycles. The molecule has 0 radical (unpaired) electrons. The van der Waals surface area contributed by atoms with Crippen molar-refractivity contribution in [2.45, 2.75) is 25.0 Å². The van der Waals surface area contributed by atoms with Crippen LogP contribution in [0.3, 0.4) is 0 Å². The third-order valence-corrected chi connectivity index (χ3v) is 5.46. The van der Waals surface area contributed by atoms with Crippen LogP contribution in [0.2, 0.25) is 0 Å². The number of primary amides is 1. The molecule has 2 heterocycles. The smallest absolute Gasteiger partial charge is 0.204 e. The Morgan fingerprint density at radius 2 is 1.81 bits per heavy atom. The van der Waals surface area contributed by atoms with Gasteiger partial charge in [-0.1, -0.05) is 36.4 Å². The monoisotopic (exact) mass is 386 g/mol. The first-order valence-electron chi connectivity index (χ1n) is 8.02. The molecule has 0 spiro atoms. The fraction of sp³-hybridized carbons (Fsp3) is 0.211. The van der Waals surface area contributed by atoms with Crippen LogP contribution in [-0.2, 0) is 17.9 Å². The van der Waals surface area contributed by atoms with E-state index in [1.54, 1.807) is 23.1 Å². The van der Waals surface area contributed by atoms with E-state index in [0.29, 0.717) is 0 Å². The molecule has 0 saturated heterocycles. The lowest BCUT2D eigenvalue weighted by molar-refractivity contribution is -0.106. The van der Waals surface area contributed by atoms with Gasteiger partial charge in [0.25, 0.3) is 0 Å². The van der Waals surface area contributed by atoms with Crippen molar-refractivity contribution in [1.29, 1.82) is 0 Å². The zero-order valence-electron chi connectivity index (χ0n) is 14.8. The Morgan fingerprint density at radius 1 is 1.15 bits per heavy atom. The average molecular weight is 387 g/mol. The Balaban J connectivity index is 0.000000758. The van der Waals surface area contributed by atoms with Crippen LogP contribution in [-0.4, -0.2) is 22.6 Å². The van der Waals surface area contributed by atoms with Crippen molar-refractivity contribution in [2.75, 3.05) is 11.2 Å². The molecule has 0 aliphatic carbocycles. The molecule has 0 saturated carbocycles. The number of thiazole rings is 1. The van der Waals surface area contributed by atoms with Crippen LogP contribution in [0.4, 0.5) is 5.13 Å². The topological polar surface area (TPSA) is 72.1 Å². The lowest BCUT2D eigenvalue weighted by Crippen LogP contribution is -2.22. The van der Waals surface area contributed by atoms with E-state index in [1.807, 2.05) is 24.5 Å². The molecule has 0 fully saturated rings. The number of hydrogen-bond donors (Lipinski definition) is 1. The molecule has 1 amide bonds. The van der Waals surface area contributed by atoms with Gasteiger partial charge in [0, 0.05) is 30.4 Å². The molecular weight excluding hydrogens is 364 g/mol. The predicted octanol–water partition coefficient (Wildman–Crippen LogP) is 3.88. The van der Waals surface area contributed by atoms with Crippen LogP contribution in [0.15, 0.2) is 59.9 Å². The SMILES string of the molecule is CSc1nc(N(Cc2ccccc2)Cc2cccnc2)sc1C.NC=O. The van der Waals surface area contributed by atoms with E-state index in [-0.39, 0.29) is 6.41 Å². The minimum absolute atomic E-state index is 0.250. The van der Waals surface area contributed by atoms with Crippen LogP contribution in [0.25, 0.3) is 0 Å². The number of nitrogens with zero attached hydrogens (tertiary/aromatic N) is 3. The lowest BCUT2D eigenvalue weighted by Gasteiger charge is -2.22. The average Bonchev–Trinajstić information content (AvgIpc) is 3.04. The summed E-state index contributed by atoms with van der Waals surface area (Å²) >= 11 is 3.47. The van der Waals surface area contributed by atoms with Crippen LogP contribution in [0.5, 0.6) is 0 Å². The maximum absolute atomic E-state index is 8.58. The van der Waals surface area contributed by atoms with Crippen molar-refractivity contribution < 1.29 is 4.79 Å². The van der Waals surface area contributed by atoms with Crippen molar-refractivity contribution in [3.8, 4) is 0 Å². The molecule has 5 nitrogen and oxygen atoms in total. The first-order chi connectivity index (χ1) is 12.7. The number of benzene rings is 1. The zero-order valence-corrected chi connectivity index (χ0v) is 16.5. The maximum atomic E-state index is 8.58. The Labute approximate surface area is 162 Å². The van der Waals surface area contributed by atoms with Gasteiger partial charge in [-0.15, -0.1) is 23.1 Å². The van der Waals surface area contributed by atoms with Gasteiger partial charge in [-0.05, 0) is 30.4 Å². The number of anilines is 1. The summed E-state index contributed by atoms with van der Waals surface area (Å²) in [5.41, 5.74) is 6.65. The highest BCUT2D eigenvalue weighted by atomic mass is 32.2. The first-order valence-corrected chi connectivity index (χ1v) is 10.1. The van der Waals surface area contributed by atoms with Gasteiger partial charge in [0.2, 0.25) is 6.41 Å². The second-order valence-electron chi connectivity index (χ2n) is 5.40. The summed E-state index contributed by atoms with van der Waals surface area (Å²) < 4.78 is 0. The van der Waals surface area contributed by atoms with Gasteiger partial charge in [-0.3, -0.25) is 9.78 Å². The lowest BCUT2D eigenvalue weighted by atomic mass is 10.2. The number of thioether (sulfide) groups is 1. The Hall–Kier alpha value is -2.38. The molecule has 0 bridgehead atoms. The van der Waals surface area contributed by atoms with Crippen molar-refractivity contribution in [3.05, 3.63) is 70.9 Å². The molecule has 2 N–H and O–H groups in total. The number of nitrogens with two attached hydrogens (primary N) is 1. The van der Waals surface area contributed by atoms with Crippen LogP contribution in [0.1, 0.15) is 16.0 Å². The van der Waals surface area contributed by atoms with Gasteiger partial charge in [-0.25, -0.2) is 4.98 Å². The molecule has 136 valence electrons. The van der Waals surface area contributed by atoms with Crippen LogP contribution < -0.4 is 10.6 Å². The van der Waals surface area contributed by atoms with Gasteiger partial charge in [0.1, 0.15) is 5.03 Å². The molecule has 26 heavy (non-hydrogen) atoms. The molecule has 3 aromatic rings. The third kappa shape index (κ3) is 5.86. The second kappa shape index (κ2) is 10.6. The van der Waals surface area contributed by atoms with Crippen LogP contribution in [0, 0.1) is 6.92 Å². The quantitative estimate of drug-likeness (QED) is 0.514. The summed E-state index contributed by atoms with van der Waals surface area (Å²) in [6, 6.07) is 14.6. The van der Waals surface area contributed by atoms with Gasteiger partial charge >= 0.3 is 0 Å². The number of pyridine rings is 1. The first kappa shape index (κ1) is 19.9. The van der Waals surface area contributed by atoms with E-state index in [2.05, 4.69) is 59.1 Å². The largest absolute Gasteiger partial charge is 0.372 e. The minimum Gasteiger partial charge on any atom is -0.372 e. The Bertz CT molecular complexity index is 752. The predicted molar refractivity (Wildman–Crippen MR) is 109 cm³/mol. The number of hydrogen-bond acceptors (Lipinski definition) is 6. The van der Waals surface area contributed by atoms with E-state index in [1.165, 1.54) is 16.0 Å². The number of carbonyl (C=O) groups excluding carboxylic acids is 1. The summed E-state index contributed by atoms with van der Waals surface area (Å²) in [5.74, 6) is 0. The van der Waals surface area contributed by atoms with Crippen molar-refractivity contribution >= 4 is 34.6 Å². The third-order valence-electron chi connectivity index (χ3n) is 3.52. The van der Waals surface area contributed by atoms with E-state index in [0.717, 1.165) is 23.2 Å². The standard InChI is InChI=1S/C18H19N3S2.CH3NO/c1-14-17(22-2)20-18(23-14)21(12-15-7-4-3-5-8-15)13-16-9-6-10-19-11-16;2-1-3/h3-11H,12-13H2,1-2H3;1H,(H2,2,3). The molecular formula is C19H22N4OS2. The highest BCUT2D eigenvalue weighted by Gasteiger charge is 2.15. The fourth-order valence-electron chi connectivity index (χ4n) is 2.40. The Morgan fingerprint density at radius 3 is 2.38 bits per heavy atom. The molecule has 0 aliphatic heterocycles. The zero-order chi connectivity index (χ0) is 18.8. The molecule has 7 heteroatoms. The van der Waals surface area contributed by atoms with E-state index < -0.39 is 0 Å². The molecule has 3 rings (SSSR count). The molecule has 0 aliphatic rings. The van der Waals surface area contributed by atoms with Gasteiger partial charge in [0.05, 0.1) is 0 Å². The van der Waals surface area contributed by atoms with Gasteiger partial charge in [-0.2, -0.15) is 0 Å². The van der Waals surface area contributed by atoms with Crippen LogP contribution >= 0.6 is 23.1 Å². The summed E-state index contributed by atoms with van der Waals surface area (Å²) in [5, 5.41) is 2.19. The summed E-state index contributed by atoms with van der Waals surface area (Å²) in [6.07, 6.45) is 6.06. The van der Waals surface area contributed by atoms with E-state index >= 15 is 0 Å². The van der Waals surface area contributed by atoms with E-state index in [9.17, 15) is 0 Å². The van der Waals surface area contributed by atoms with E-state index in [4.69, 9.17) is 9.78 Å². The normalized spacial score (nSPS) is 9.92. The summed E-state index contributed by atoms with van der Waals surface area (Å²) in [7, 11) is 0.